The third kappa shape index (κ3) is 1.09. The Morgan fingerprint density at radius 2 is 1.93 bits per heavy atom. The lowest BCUT2D eigenvalue weighted by Crippen LogP contribution is -2.11. The molecule has 0 unspecified atom stereocenters. The molecule has 1 aliphatic heterocycles. The summed E-state index contributed by atoms with van der Waals surface area (Å²) >= 11 is 0. The van der Waals surface area contributed by atoms with Crippen LogP contribution in [0, 0.1) is 11.3 Å². The summed E-state index contributed by atoms with van der Waals surface area (Å²) in [5.74, 6) is 0.348. The van der Waals surface area contributed by atoms with E-state index < -0.39 is 0 Å². The Kier molecular flexibility index (Phi) is 1.51. The summed E-state index contributed by atoms with van der Waals surface area (Å²) in [6, 6.07) is 13.9. The molecule has 3 heteroatoms. The largest absolute Gasteiger partial charge is 0.331 e. The highest BCUT2D eigenvalue weighted by molar-refractivity contribution is 6.18. The van der Waals surface area contributed by atoms with Crippen molar-refractivity contribution in [3.63, 3.8) is 0 Å². The van der Waals surface area contributed by atoms with Crippen molar-refractivity contribution in [1.82, 2.24) is 0 Å². The normalized spacial score (nSPS) is 12.9. The van der Waals surface area contributed by atoms with Crippen LogP contribution >= 0.6 is 0 Å². The minimum atomic E-state index is 0.348. The molecule has 1 N–H and O–H groups in total. The van der Waals surface area contributed by atoms with Crippen molar-refractivity contribution in [2.24, 2.45) is 4.99 Å². The van der Waals surface area contributed by atoms with Crippen LogP contribution in [0.25, 0.3) is 10.8 Å². The molecule has 3 rings (SSSR count). The van der Waals surface area contributed by atoms with Gasteiger partial charge in [0.25, 0.3) is 0 Å². The number of anilines is 1. The van der Waals surface area contributed by atoms with Gasteiger partial charge in [0.1, 0.15) is 6.07 Å². The zero-order chi connectivity index (χ0) is 10.3. The average Bonchev–Trinajstić information content (AvgIpc) is 2.29. The SMILES string of the molecule is N#CC1=Nc2cccc3cccc(c23)N1. The van der Waals surface area contributed by atoms with Gasteiger partial charge in [-0.2, -0.15) is 5.26 Å². The maximum Gasteiger partial charge on any atom is 0.211 e. The van der Waals surface area contributed by atoms with Crippen molar-refractivity contribution in [2.75, 3.05) is 5.32 Å². The van der Waals surface area contributed by atoms with Crippen LogP contribution in [-0.2, 0) is 0 Å². The predicted octanol–water partition coefficient (Wildman–Crippen LogP) is 2.82. The molecule has 0 aromatic heterocycles. The van der Waals surface area contributed by atoms with E-state index in [1.165, 1.54) is 0 Å². The Hall–Kier alpha value is -2.34. The van der Waals surface area contributed by atoms with E-state index in [9.17, 15) is 0 Å². The zero-order valence-corrected chi connectivity index (χ0v) is 7.86. The Morgan fingerprint density at radius 3 is 2.73 bits per heavy atom. The number of amidine groups is 1. The Morgan fingerprint density at radius 1 is 1.13 bits per heavy atom. The van der Waals surface area contributed by atoms with Crippen LogP contribution in [0.2, 0.25) is 0 Å². The second-order valence-electron chi connectivity index (χ2n) is 3.38. The summed E-state index contributed by atoms with van der Waals surface area (Å²) in [5.41, 5.74) is 1.81. The third-order valence-corrected chi connectivity index (χ3v) is 2.47. The Bertz CT molecular complexity index is 615. The van der Waals surface area contributed by atoms with Crippen molar-refractivity contribution in [1.29, 1.82) is 5.26 Å². The highest BCUT2D eigenvalue weighted by atomic mass is 15.0. The molecule has 2 aromatic rings. The van der Waals surface area contributed by atoms with Gasteiger partial charge in [-0.1, -0.05) is 24.3 Å². The van der Waals surface area contributed by atoms with E-state index in [1.807, 2.05) is 42.5 Å². The van der Waals surface area contributed by atoms with E-state index >= 15 is 0 Å². The monoisotopic (exact) mass is 193 g/mol. The molecule has 0 fully saturated rings. The maximum atomic E-state index is 8.83. The number of benzene rings is 2. The molecule has 70 valence electrons. The van der Waals surface area contributed by atoms with E-state index in [0.717, 1.165) is 22.1 Å². The standard InChI is InChI=1S/C12H7N3/c13-7-11-14-9-5-1-3-8-4-2-6-10(15-11)12(8)9/h1-6H,(H,14,15). The summed E-state index contributed by atoms with van der Waals surface area (Å²) in [6.07, 6.45) is 0. The van der Waals surface area contributed by atoms with Gasteiger partial charge in [-0.3, -0.25) is 0 Å². The summed E-state index contributed by atoms with van der Waals surface area (Å²) in [7, 11) is 0. The van der Waals surface area contributed by atoms with E-state index in [0.29, 0.717) is 5.84 Å². The number of hydrogen-bond acceptors (Lipinski definition) is 3. The van der Waals surface area contributed by atoms with Crippen molar-refractivity contribution >= 4 is 28.0 Å². The summed E-state index contributed by atoms with van der Waals surface area (Å²) in [4.78, 5) is 4.23. The van der Waals surface area contributed by atoms with Gasteiger partial charge in [0.05, 0.1) is 11.4 Å². The predicted molar refractivity (Wildman–Crippen MR) is 60.3 cm³/mol. The minimum absolute atomic E-state index is 0.348. The molecule has 1 aliphatic rings. The number of aliphatic imine (C=N–C) groups is 1. The van der Waals surface area contributed by atoms with Crippen molar-refractivity contribution in [3.8, 4) is 6.07 Å². The van der Waals surface area contributed by atoms with Gasteiger partial charge in [0.15, 0.2) is 0 Å². The van der Waals surface area contributed by atoms with Crippen LogP contribution in [0.3, 0.4) is 0 Å². The maximum absolute atomic E-state index is 8.83. The summed E-state index contributed by atoms with van der Waals surface area (Å²) in [6.45, 7) is 0. The van der Waals surface area contributed by atoms with Gasteiger partial charge in [0.2, 0.25) is 5.84 Å². The fourth-order valence-corrected chi connectivity index (χ4v) is 1.85. The van der Waals surface area contributed by atoms with Crippen LogP contribution in [0.4, 0.5) is 11.4 Å². The second kappa shape index (κ2) is 2.82. The molecule has 0 atom stereocenters. The molecule has 2 aromatic carbocycles. The number of nitrogens with zero attached hydrogens (tertiary/aromatic N) is 2. The number of nitriles is 1. The van der Waals surface area contributed by atoms with Gasteiger partial charge >= 0.3 is 0 Å². The molecule has 0 amide bonds. The number of hydrogen-bond donors (Lipinski definition) is 1. The molecule has 0 saturated heterocycles. The first kappa shape index (κ1) is 8.01. The fraction of sp³-hybridized carbons (Fsp3) is 0. The molecule has 0 radical (unpaired) electrons. The highest BCUT2D eigenvalue weighted by Crippen LogP contribution is 2.35. The van der Waals surface area contributed by atoms with Crippen LogP contribution in [0.15, 0.2) is 41.4 Å². The lowest BCUT2D eigenvalue weighted by molar-refractivity contribution is 1.47. The van der Waals surface area contributed by atoms with Crippen LogP contribution in [0.1, 0.15) is 0 Å². The molecule has 1 heterocycles. The molecular formula is C12H7N3. The van der Waals surface area contributed by atoms with Gasteiger partial charge < -0.3 is 5.32 Å². The Balaban J connectivity index is 2.44. The molecule has 0 aliphatic carbocycles. The smallest absolute Gasteiger partial charge is 0.211 e. The molecule has 0 spiro atoms. The third-order valence-electron chi connectivity index (χ3n) is 2.47. The first-order valence-corrected chi connectivity index (χ1v) is 4.66. The molecule has 15 heavy (non-hydrogen) atoms. The topological polar surface area (TPSA) is 48.2 Å². The van der Waals surface area contributed by atoms with E-state index in [4.69, 9.17) is 5.26 Å². The quantitative estimate of drug-likeness (QED) is 0.699. The van der Waals surface area contributed by atoms with E-state index in [1.54, 1.807) is 0 Å². The lowest BCUT2D eigenvalue weighted by Gasteiger charge is -2.14. The van der Waals surface area contributed by atoms with Crippen LogP contribution < -0.4 is 5.32 Å². The van der Waals surface area contributed by atoms with Crippen molar-refractivity contribution < 1.29 is 0 Å². The molecular weight excluding hydrogens is 186 g/mol. The van der Waals surface area contributed by atoms with Crippen LogP contribution in [0.5, 0.6) is 0 Å². The fourth-order valence-electron chi connectivity index (χ4n) is 1.85. The van der Waals surface area contributed by atoms with E-state index in [-0.39, 0.29) is 0 Å². The minimum Gasteiger partial charge on any atom is -0.331 e. The van der Waals surface area contributed by atoms with Crippen molar-refractivity contribution in [3.05, 3.63) is 36.4 Å². The van der Waals surface area contributed by atoms with Gasteiger partial charge in [-0.25, -0.2) is 4.99 Å². The summed E-state index contributed by atoms with van der Waals surface area (Å²) < 4.78 is 0. The van der Waals surface area contributed by atoms with E-state index in [2.05, 4.69) is 10.3 Å². The molecule has 3 nitrogen and oxygen atoms in total. The Labute approximate surface area is 86.7 Å². The van der Waals surface area contributed by atoms with Gasteiger partial charge in [-0.15, -0.1) is 0 Å². The first-order chi connectivity index (χ1) is 7.38. The van der Waals surface area contributed by atoms with Crippen molar-refractivity contribution in [2.45, 2.75) is 0 Å². The average molecular weight is 193 g/mol. The number of rotatable bonds is 0. The molecule has 0 bridgehead atoms. The highest BCUT2D eigenvalue weighted by Gasteiger charge is 2.12. The van der Waals surface area contributed by atoms with Gasteiger partial charge in [0, 0.05) is 5.39 Å². The first-order valence-electron chi connectivity index (χ1n) is 4.66. The van der Waals surface area contributed by atoms with Crippen LogP contribution in [-0.4, -0.2) is 5.84 Å². The zero-order valence-electron chi connectivity index (χ0n) is 7.86. The number of nitrogens with one attached hydrogen (secondary N) is 1. The van der Waals surface area contributed by atoms with Gasteiger partial charge in [-0.05, 0) is 17.5 Å². The second-order valence-corrected chi connectivity index (χ2v) is 3.38. The lowest BCUT2D eigenvalue weighted by atomic mass is 10.1. The summed E-state index contributed by atoms with van der Waals surface area (Å²) in [5, 5.41) is 14.0. The molecule has 0 saturated carbocycles.